The molecule has 0 saturated heterocycles. The minimum atomic E-state index is 0.263. The fourth-order valence-electron chi connectivity index (χ4n) is 3.83. The predicted octanol–water partition coefficient (Wildman–Crippen LogP) is 2.67. The topological polar surface area (TPSA) is 92.2 Å². The summed E-state index contributed by atoms with van der Waals surface area (Å²) in [7, 11) is 1.66. The number of fused-ring (bicyclic) bond motifs is 2. The highest BCUT2D eigenvalue weighted by Crippen LogP contribution is 2.22. The van der Waals surface area contributed by atoms with Crippen LogP contribution in [0.1, 0.15) is 30.6 Å². The van der Waals surface area contributed by atoms with E-state index < -0.39 is 0 Å². The summed E-state index contributed by atoms with van der Waals surface area (Å²) in [6, 6.07) is 6.18. The Bertz CT molecular complexity index is 1030. The van der Waals surface area contributed by atoms with E-state index >= 15 is 0 Å². The minimum absolute atomic E-state index is 0.263. The van der Waals surface area contributed by atoms with E-state index in [1.54, 1.807) is 7.11 Å². The first-order chi connectivity index (χ1) is 14.7. The predicted molar refractivity (Wildman–Crippen MR) is 119 cm³/mol. The lowest BCUT2D eigenvalue weighted by molar-refractivity contribution is 0.177. The third-order valence-electron chi connectivity index (χ3n) is 5.24. The number of methoxy groups -OCH3 is 1. The normalized spacial score (nSPS) is 16.6. The average molecular weight is 430 g/mol. The molecule has 8 nitrogen and oxygen atoms in total. The van der Waals surface area contributed by atoms with Crippen molar-refractivity contribution in [1.29, 1.82) is 0 Å². The molecule has 3 aromatic rings. The van der Waals surface area contributed by atoms with E-state index in [1.165, 1.54) is 5.56 Å². The van der Waals surface area contributed by atoms with Gasteiger partial charge in [0, 0.05) is 54.8 Å². The smallest absolute Gasteiger partial charge is 0.191 e. The lowest BCUT2D eigenvalue weighted by atomic mass is 10.1. The molecule has 160 valence electrons. The van der Waals surface area contributed by atoms with Crippen LogP contribution in [0.5, 0.6) is 0 Å². The van der Waals surface area contributed by atoms with Gasteiger partial charge in [0.25, 0.3) is 0 Å². The first kappa shape index (κ1) is 20.7. The number of guanidine groups is 1. The molecule has 9 heteroatoms. The van der Waals surface area contributed by atoms with Gasteiger partial charge in [0.2, 0.25) is 0 Å². The van der Waals surface area contributed by atoms with Gasteiger partial charge in [-0.25, -0.2) is 9.67 Å². The van der Waals surface area contributed by atoms with Crippen LogP contribution in [0.4, 0.5) is 0 Å². The van der Waals surface area contributed by atoms with Crippen LogP contribution < -0.4 is 10.6 Å². The van der Waals surface area contributed by atoms with E-state index in [4.69, 9.17) is 21.3 Å². The maximum absolute atomic E-state index is 6.16. The number of rotatable bonds is 7. The van der Waals surface area contributed by atoms with Gasteiger partial charge in [-0.1, -0.05) is 11.6 Å². The zero-order valence-corrected chi connectivity index (χ0v) is 18.2. The summed E-state index contributed by atoms with van der Waals surface area (Å²) < 4.78 is 7.13. The molecule has 3 N–H and O–H groups in total. The molecule has 4 rings (SSSR count). The third-order valence-corrected chi connectivity index (χ3v) is 5.48. The first-order valence-corrected chi connectivity index (χ1v) is 10.8. The van der Waals surface area contributed by atoms with Crippen molar-refractivity contribution in [3.8, 4) is 0 Å². The Labute approximate surface area is 181 Å². The van der Waals surface area contributed by atoms with Crippen LogP contribution in [0.3, 0.4) is 0 Å². The monoisotopic (exact) mass is 429 g/mol. The van der Waals surface area contributed by atoms with Gasteiger partial charge in [0.1, 0.15) is 12.4 Å². The fourth-order valence-corrected chi connectivity index (χ4v) is 4.00. The molecule has 1 aliphatic heterocycles. The van der Waals surface area contributed by atoms with Gasteiger partial charge in [0.15, 0.2) is 11.8 Å². The molecule has 1 atom stereocenters. The van der Waals surface area contributed by atoms with Crippen molar-refractivity contribution < 1.29 is 4.74 Å². The molecule has 0 spiro atoms. The van der Waals surface area contributed by atoms with E-state index in [1.807, 2.05) is 29.1 Å². The molecule has 0 fully saturated rings. The van der Waals surface area contributed by atoms with Crippen molar-refractivity contribution in [2.75, 3.05) is 20.2 Å². The van der Waals surface area contributed by atoms with Gasteiger partial charge in [-0.15, -0.1) is 0 Å². The van der Waals surface area contributed by atoms with Crippen LogP contribution in [0.25, 0.3) is 10.9 Å². The molecule has 0 amide bonds. The third kappa shape index (κ3) is 4.76. The van der Waals surface area contributed by atoms with Gasteiger partial charge < -0.3 is 20.4 Å². The van der Waals surface area contributed by atoms with E-state index in [0.717, 1.165) is 65.9 Å². The summed E-state index contributed by atoms with van der Waals surface area (Å²) in [5, 5.41) is 13.4. The molecule has 0 aliphatic carbocycles. The highest BCUT2D eigenvalue weighted by Gasteiger charge is 2.22. The zero-order chi connectivity index (χ0) is 20.9. The van der Waals surface area contributed by atoms with E-state index in [2.05, 4.69) is 32.6 Å². The Morgan fingerprint density at radius 3 is 3.17 bits per heavy atom. The number of halogens is 1. The van der Waals surface area contributed by atoms with Gasteiger partial charge in [0.05, 0.1) is 6.54 Å². The molecule has 30 heavy (non-hydrogen) atoms. The number of aromatic nitrogens is 4. The van der Waals surface area contributed by atoms with Crippen molar-refractivity contribution in [3.63, 3.8) is 0 Å². The Balaban J connectivity index is 1.38. The minimum Gasteiger partial charge on any atom is -0.377 e. The molecule has 0 radical (unpaired) electrons. The number of benzene rings is 1. The summed E-state index contributed by atoms with van der Waals surface area (Å²) in [5.74, 6) is 2.61. The SMILES string of the molecule is CCNC(=NCCc1c[nH]c2ccc(Cl)cc12)NC1CCc2nc(COC)nn2C1. The van der Waals surface area contributed by atoms with Gasteiger partial charge in [-0.05, 0) is 43.5 Å². The van der Waals surface area contributed by atoms with Gasteiger partial charge in [-0.2, -0.15) is 5.10 Å². The van der Waals surface area contributed by atoms with E-state index in [-0.39, 0.29) is 6.04 Å². The highest BCUT2D eigenvalue weighted by molar-refractivity contribution is 6.31. The number of nitrogens with zero attached hydrogens (tertiary/aromatic N) is 4. The highest BCUT2D eigenvalue weighted by atomic mass is 35.5. The summed E-state index contributed by atoms with van der Waals surface area (Å²) in [4.78, 5) is 12.6. The summed E-state index contributed by atoms with van der Waals surface area (Å²) in [6.45, 7) is 4.80. The van der Waals surface area contributed by atoms with Crippen LogP contribution in [-0.4, -0.2) is 51.9 Å². The van der Waals surface area contributed by atoms with Crippen LogP contribution >= 0.6 is 11.6 Å². The molecule has 1 unspecified atom stereocenters. The Morgan fingerprint density at radius 1 is 1.43 bits per heavy atom. The van der Waals surface area contributed by atoms with Crippen molar-refractivity contribution in [1.82, 2.24) is 30.4 Å². The summed E-state index contributed by atoms with van der Waals surface area (Å²) >= 11 is 6.16. The Kier molecular flexibility index (Phi) is 6.54. The molecule has 0 bridgehead atoms. The number of aryl methyl sites for hydroxylation is 1. The maximum Gasteiger partial charge on any atom is 0.191 e. The molecule has 2 aromatic heterocycles. The van der Waals surface area contributed by atoms with Crippen LogP contribution in [0, 0.1) is 0 Å². The maximum atomic E-state index is 6.16. The van der Waals surface area contributed by atoms with E-state index in [9.17, 15) is 0 Å². The second-order valence-corrected chi connectivity index (χ2v) is 7.89. The number of ether oxygens (including phenoxy) is 1. The van der Waals surface area contributed by atoms with Crippen LogP contribution in [0.15, 0.2) is 29.4 Å². The van der Waals surface area contributed by atoms with Gasteiger partial charge in [-0.3, -0.25) is 4.99 Å². The molecule has 1 aliphatic rings. The van der Waals surface area contributed by atoms with Crippen molar-refractivity contribution in [2.45, 2.75) is 45.4 Å². The number of hydrogen-bond acceptors (Lipinski definition) is 4. The standard InChI is InChI=1S/C21H28ClN7O/c1-3-23-21(24-9-8-14-11-25-18-6-4-15(22)10-17(14)18)26-16-5-7-20-27-19(13-30-2)28-29(20)12-16/h4,6,10-11,16,25H,3,5,7-9,12-13H2,1-2H3,(H2,23,24,26). The second-order valence-electron chi connectivity index (χ2n) is 7.45. The summed E-state index contributed by atoms with van der Waals surface area (Å²) in [5.41, 5.74) is 2.32. The van der Waals surface area contributed by atoms with Crippen molar-refractivity contribution in [2.24, 2.45) is 4.99 Å². The van der Waals surface area contributed by atoms with Crippen molar-refractivity contribution >= 4 is 28.5 Å². The van der Waals surface area contributed by atoms with Crippen LogP contribution in [0.2, 0.25) is 5.02 Å². The molecular formula is C21H28ClN7O. The van der Waals surface area contributed by atoms with Crippen LogP contribution in [-0.2, 0) is 30.7 Å². The Morgan fingerprint density at radius 2 is 2.33 bits per heavy atom. The first-order valence-electron chi connectivity index (χ1n) is 10.4. The lowest BCUT2D eigenvalue weighted by Gasteiger charge is -2.25. The number of H-pyrrole nitrogens is 1. The molecule has 0 saturated carbocycles. The largest absolute Gasteiger partial charge is 0.377 e. The lowest BCUT2D eigenvalue weighted by Crippen LogP contribution is -2.47. The number of hydrogen-bond donors (Lipinski definition) is 3. The summed E-state index contributed by atoms with van der Waals surface area (Å²) in [6.07, 6.45) is 4.78. The quantitative estimate of drug-likeness (QED) is 0.396. The second kappa shape index (κ2) is 9.49. The number of aromatic amines is 1. The fraction of sp³-hybridized carbons (Fsp3) is 0.476. The van der Waals surface area contributed by atoms with E-state index in [0.29, 0.717) is 13.2 Å². The zero-order valence-electron chi connectivity index (χ0n) is 17.4. The Hall–Kier alpha value is -2.58. The molecule has 1 aromatic carbocycles. The van der Waals surface area contributed by atoms with Crippen molar-refractivity contribution in [3.05, 3.63) is 46.6 Å². The average Bonchev–Trinajstić information content (AvgIpc) is 3.31. The number of nitrogens with one attached hydrogen (secondary N) is 3. The molecule has 3 heterocycles. The molecular weight excluding hydrogens is 402 g/mol. The van der Waals surface area contributed by atoms with Gasteiger partial charge >= 0.3 is 0 Å². The number of aliphatic imine (C=N–C) groups is 1.